The average Bonchev–Trinajstić information content (AvgIpc) is 2.42. The molecule has 6 heteroatoms. The number of primary amides is 1. The van der Waals surface area contributed by atoms with Crippen molar-refractivity contribution in [2.45, 2.75) is 46.1 Å². The van der Waals surface area contributed by atoms with Gasteiger partial charge in [-0.05, 0) is 19.3 Å². The lowest BCUT2D eigenvalue weighted by atomic mass is 9.91. The molecular formula is C16H21N3O3. The number of aromatic nitrogens is 2. The zero-order valence-corrected chi connectivity index (χ0v) is 13.1. The summed E-state index contributed by atoms with van der Waals surface area (Å²) in [6.07, 6.45) is 3.25. The Bertz CT molecular complexity index is 727. The van der Waals surface area contributed by atoms with Crippen LogP contribution < -0.4 is 11.3 Å². The second-order valence-corrected chi connectivity index (χ2v) is 5.91. The fourth-order valence-electron chi connectivity index (χ4n) is 2.49. The van der Waals surface area contributed by atoms with Gasteiger partial charge in [0.25, 0.3) is 5.56 Å². The molecule has 6 nitrogen and oxygen atoms in total. The fraction of sp³-hybridized carbons (Fsp3) is 0.438. The number of aliphatic hydroxyl groups is 1. The molecule has 0 saturated heterocycles. The molecule has 0 spiro atoms. The van der Waals surface area contributed by atoms with Gasteiger partial charge in [-0.2, -0.15) is 5.10 Å². The lowest BCUT2D eigenvalue weighted by Crippen LogP contribution is -2.31. The van der Waals surface area contributed by atoms with Gasteiger partial charge in [-0.15, -0.1) is 0 Å². The molecule has 22 heavy (non-hydrogen) atoms. The summed E-state index contributed by atoms with van der Waals surface area (Å²) in [6, 6.07) is 1.42. The van der Waals surface area contributed by atoms with Gasteiger partial charge in [0.05, 0.1) is 5.69 Å². The number of carbonyl (C=O) groups is 1. The van der Waals surface area contributed by atoms with Gasteiger partial charge < -0.3 is 10.8 Å². The molecule has 1 heterocycles. The largest absolute Gasteiger partial charge is 0.512 e. The van der Waals surface area contributed by atoms with E-state index in [0.29, 0.717) is 23.3 Å². The Hall–Kier alpha value is -2.37. The predicted octanol–water partition coefficient (Wildman–Crippen LogP) is 1.86. The Morgan fingerprint density at radius 1 is 1.45 bits per heavy atom. The Kier molecular flexibility index (Phi) is 4.49. The fourth-order valence-corrected chi connectivity index (χ4v) is 2.49. The minimum Gasteiger partial charge on any atom is -0.512 e. The zero-order chi connectivity index (χ0) is 16.4. The highest BCUT2D eigenvalue weighted by molar-refractivity contribution is 5.78. The van der Waals surface area contributed by atoms with Gasteiger partial charge in [0.15, 0.2) is 0 Å². The number of nitrogens with zero attached hydrogens (tertiary/aromatic N) is 2. The summed E-state index contributed by atoms with van der Waals surface area (Å²) in [5.41, 5.74) is 7.80. The van der Waals surface area contributed by atoms with Crippen LogP contribution in [0.4, 0.5) is 0 Å². The van der Waals surface area contributed by atoms with Gasteiger partial charge in [0.2, 0.25) is 5.91 Å². The maximum absolute atomic E-state index is 12.1. The Morgan fingerprint density at radius 2 is 2.14 bits per heavy atom. The molecule has 1 aromatic heterocycles. The molecule has 2 rings (SSSR count). The van der Waals surface area contributed by atoms with Crippen LogP contribution >= 0.6 is 0 Å². The summed E-state index contributed by atoms with van der Waals surface area (Å²) in [4.78, 5) is 23.2. The van der Waals surface area contributed by atoms with Crippen LogP contribution in [0.5, 0.6) is 0 Å². The van der Waals surface area contributed by atoms with E-state index >= 15 is 0 Å². The monoisotopic (exact) mass is 303 g/mol. The first-order valence-corrected chi connectivity index (χ1v) is 7.29. The normalized spacial score (nSPS) is 15.2. The molecule has 1 aliphatic rings. The van der Waals surface area contributed by atoms with Crippen LogP contribution in [0.1, 0.15) is 50.8 Å². The summed E-state index contributed by atoms with van der Waals surface area (Å²) in [6.45, 7) is 5.63. The van der Waals surface area contributed by atoms with E-state index in [9.17, 15) is 14.7 Å². The van der Waals surface area contributed by atoms with E-state index in [1.54, 1.807) is 0 Å². The molecule has 3 N–H and O–H groups in total. The van der Waals surface area contributed by atoms with E-state index in [1.807, 2.05) is 26.8 Å². The maximum atomic E-state index is 12.1. The number of allylic oxidation sites excluding steroid dienone is 4. The van der Waals surface area contributed by atoms with Crippen molar-refractivity contribution < 1.29 is 9.90 Å². The van der Waals surface area contributed by atoms with Crippen molar-refractivity contribution in [2.24, 2.45) is 5.73 Å². The van der Waals surface area contributed by atoms with E-state index < -0.39 is 11.5 Å². The Labute approximate surface area is 129 Å². The van der Waals surface area contributed by atoms with Crippen molar-refractivity contribution in [3.63, 3.8) is 0 Å². The van der Waals surface area contributed by atoms with E-state index in [0.717, 1.165) is 16.7 Å². The molecule has 0 atom stereocenters. The minimum absolute atomic E-state index is 0.0330. The van der Waals surface area contributed by atoms with Crippen LogP contribution in [-0.2, 0) is 11.3 Å². The van der Waals surface area contributed by atoms with Gasteiger partial charge in [-0.1, -0.05) is 25.5 Å². The van der Waals surface area contributed by atoms with E-state index in [-0.39, 0.29) is 18.2 Å². The molecule has 118 valence electrons. The maximum Gasteiger partial charge on any atom is 0.267 e. The van der Waals surface area contributed by atoms with Gasteiger partial charge in [-0.25, -0.2) is 4.68 Å². The molecule has 1 amide bonds. The summed E-state index contributed by atoms with van der Waals surface area (Å²) in [7, 11) is 0. The van der Waals surface area contributed by atoms with Crippen LogP contribution in [0.3, 0.4) is 0 Å². The van der Waals surface area contributed by atoms with E-state index in [2.05, 4.69) is 5.10 Å². The average molecular weight is 303 g/mol. The molecule has 0 aromatic carbocycles. The Balaban J connectivity index is 2.64. The van der Waals surface area contributed by atoms with Crippen molar-refractivity contribution in [1.82, 2.24) is 9.78 Å². The third-order valence-corrected chi connectivity index (χ3v) is 3.63. The second-order valence-electron chi connectivity index (χ2n) is 5.91. The van der Waals surface area contributed by atoms with Crippen molar-refractivity contribution in [3.05, 3.63) is 45.1 Å². The van der Waals surface area contributed by atoms with Crippen molar-refractivity contribution in [1.29, 1.82) is 0 Å². The molecule has 0 radical (unpaired) electrons. The molecule has 0 fully saturated rings. The van der Waals surface area contributed by atoms with E-state index in [1.165, 1.54) is 6.07 Å². The number of amides is 1. The SMILES string of the molecule is CC1=CC(c2cc(=O)n(CC(N)=O)nc2C(C)C)=C(O)CC1. The standard InChI is InChI=1S/C16H21N3O3/c1-9(2)16-12(11-6-10(3)4-5-13(11)20)7-15(22)19(18-16)8-14(17)21/h6-7,9,20H,4-5,8H2,1-3H3,(H2,17,21). The molecule has 0 bridgehead atoms. The summed E-state index contributed by atoms with van der Waals surface area (Å²) in [5.74, 6) is -0.320. The van der Waals surface area contributed by atoms with Crippen molar-refractivity contribution in [2.75, 3.05) is 0 Å². The highest BCUT2D eigenvalue weighted by Crippen LogP contribution is 2.32. The third kappa shape index (κ3) is 3.27. The molecular weight excluding hydrogens is 282 g/mol. The summed E-state index contributed by atoms with van der Waals surface area (Å²) < 4.78 is 1.07. The summed E-state index contributed by atoms with van der Waals surface area (Å²) >= 11 is 0. The van der Waals surface area contributed by atoms with Crippen molar-refractivity contribution in [3.8, 4) is 0 Å². The quantitative estimate of drug-likeness (QED) is 0.887. The first-order valence-electron chi connectivity index (χ1n) is 7.29. The van der Waals surface area contributed by atoms with Crippen LogP contribution in [0.2, 0.25) is 0 Å². The lowest BCUT2D eigenvalue weighted by Gasteiger charge is -2.19. The number of hydrogen-bond donors (Lipinski definition) is 2. The third-order valence-electron chi connectivity index (χ3n) is 3.63. The number of nitrogens with two attached hydrogens (primary N) is 1. The minimum atomic E-state index is -0.618. The smallest absolute Gasteiger partial charge is 0.267 e. The van der Waals surface area contributed by atoms with Gasteiger partial charge in [-0.3, -0.25) is 9.59 Å². The number of aliphatic hydroxyl groups excluding tert-OH is 1. The highest BCUT2D eigenvalue weighted by atomic mass is 16.3. The van der Waals surface area contributed by atoms with Gasteiger partial charge in [0.1, 0.15) is 12.3 Å². The molecule has 0 aliphatic heterocycles. The zero-order valence-electron chi connectivity index (χ0n) is 13.1. The highest BCUT2D eigenvalue weighted by Gasteiger charge is 2.20. The molecule has 1 aromatic rings. The molecule has 0 saturated carbocycles. The van der Waals surface area contributed by atoms with E-state index in [4.69, 9.17) is 5.73 Å². The van der Waals surface area contributed by atoms with Crippen LogP contribution in [0.25, 0.3) is 5.57 Å². The lowest BCUT2D eigenvalue weighted by molar-refractivity contribution is -0.118. The first-order chi connectivity index (χ1) is 10.3. The molecule has 0 unspecified atom stereocenters. The molecule has 1 aliphatic carbocycles. The van der Waals surface area contributed by atoms with Crippen molar-refractivity contribution >= 4 is 11.5 Å². The Morgan fingerprint density at radius 3 is 2.73 bits per heavy atom. The predicted molar refractivity (Wildman–Crippen MR) is 84.3 cm³/mol. The number of hydrogen-bond acceptors (Lipinski definition) is 4. The number of rotatable bonds is 4. The van der Waals surface area contributed by atoms with Crippen LogP contribution in [0.15, 0.2) is 28.3 Å². The van der Waals surface area contributed by atoms with Crippen LogP contribution in [-0.4, -0.2) is 20.8 Å². The first kappa shape index (κ1) is 16.0. The van der Waals surface area contributed by atoms with Crippen LogP contribution in [0, 0.1) is 0 Å². The topological polar surface area (TPSA) is 98.2 Å². The van der Waals surface area contributed by atoms with Gasteiger partial charge in [0, 0.05) is 23.6 Å². The second kappa shape index (κ2) is 6.17. The van der Waals surface area contributed by atoms with Gasteiger partial charge >= 0.3 is 0 Å². The number of carbonyl (C=O) groups excluding carboxylic acids is 1. The summed E-state index contributed by atoms with van der Waals surface area (Å²) in [5, 5.41) is 14.5.